The first-order valence-electron chi connectivity index (χ1n) is 16.9. The van der Waals surface area contributed by atoms with Crippen LogP contribution in [0.2, 0.25) is 0 Å². The predicted molar refractivity (Wildman–Crippen MR) is 169 cm³/mol. The monoisotopic (exact) mass is 660 g/mol. The van der Waals surface area contributed by atoms with Crippen molar-refractivity contribution in [2.24, 2.45) is 45.3 Å². The van der Waals surface area contributed by atoms with Gasteiger partial charge in [-0.3, -0.25) is 9.59 Å². The summed E-state index contributed by atoms with van der Waals surface area (Å²) in [6.07, 6.45) is 2.78. The summed E-state index contributed by atoms with van der Waals surface area (Å²) in [5.74, 6) is -2.53. The number of hydrogen-bond donors (Lipinski definition) is 1. The number of rotatable bonds is 7. The van der Waals surface area contributed by atoms with E-state index in [1.807, 2.05) is 13.8 Å². The molecule has 0 aromatic carbocycles. The second-order valence-corrected chi connectivity index (χ2v) is 15.4. The van der Waals surface area contributed by atoms with Gasteiger partial charge in [-0.05, 0) is 75.0 Å². The molecule has 1 aliphatic heterocycles. The van der Waals surface area contributed by atoms with E-state index in [1.54, 1.807) is 13.0 Å². The molecule has 0 aromatic heterocycles. The number of esters is 3. The van der Waals surface area contributed by atoms with E-state index in [4.69, 9.17) is 28.4 Å². The summed E-state index contributed by atoms with van der Waals surface area (Å²) in [6.45, 7) is 17.0. The average Bonchev–Trinajstić information content (AvgIpc) is 3.45. The SMILES string of the molecule is C=CCOC(=O)OC(C)[C@@]12CCC3[C@]4(C)C(CC[C@@]3(C)[C@@H]1COC2)[C@]1(O)CC(C)C=C(C(=O)OC)[C@]1(C)[C@@H](OC(C)=O)[C@H]4OC(C)=O. The highest BCUT2D eigenvalue weighted by Gasteiger charge is 2.79. The molecule has 47 heavy (non-hydrogen) atoms. The van der Waals surface area contributed by atoms with E-state index in [1.165, 1.54) is 27.0 Å². The normalized spacial score (nSPS) is 44.1. The van der Waals surface area contributed by atoms with Crippen LogP contribution in [0.15, 0.2) is 24.3 Å². The third kappa shape index (κ3) is 5.04. The van der Waals surface area contributed by atoms with Crippen LogP contribution in [0.25, 0.3) is 0 Å². The number of aliphatic hydroxyl groups is 1. The van der Waals surface area contributed by atoms with Crippen LogP contribution in [0.5, 0.6) is 0 Å². The lowest BCUT2D eigenvalue weighted by atomic mass is 9.33. The Morgan fingerprint density at radius 2 is 1.68 bits per heavy atom. The maximum atomic E-state index is 13.4. The maximum absolute atomic E-state index is 13.4. The molecule has 11 heteroatoms. The molecule has 0 radical (unpaired) electrons. The van der Waals surface area contributed by atoms with Crippen molar-refractivity contribution >= 4 is 24.1 Å². The van der Waals surface area contributed by atoms with Gasteiger partial charge in [0.2, 0.25) is 0 Å². The molecule has 1 N–H and O–H groups in total. The molecule has 1 heterocycles. The molecule has 4 aliphatic carbocycles. The Morgan fingerprint density at radius 3 is 2.30 bits per heavy atom. The number of hydrogen-bond acceptors (Lipinski definition) is 11. The summed E-state index contributed by atoms with van der Waals surface area (Å²) in [4.78, 5) is 51.8. The van der Waals surface area contributed by atoms with Crippen molar-refractivity contribution in [1.29, 1.82) is 0 Å². The molecule has 11 nitrogen and oxygen atoms in total. The van der Waals surface area contributed by atoms with Crippen LogP contribution in [0, 0.1) is 45.3 Å². The van der Waals surface area contributed by atoms with Gasteiger partial charge in [-0.1, -0.05) is 39.5 Å². The van der Waals surface area contributed by atoms with Gasteiger partial charge in [0, 0.05) is 30.3 Å². The molecular formula is C36H52O11. The van der Waals surface area contributed by atoms with Gasteiger partial charge in [0.25, 0.3) is 0 Å². The van der Waals surface area contributed by atoms with Crippen LogP contribution in [0.1, 0.15) is 80.6 Å². The van der Waals surface area contributed by atoms with Crippen LogP contribution in [-0.4, -0.2) is 80.0 Å². The Bertz CT molecular complexity index is 1340. The van der Waals surface area contributed by atoms with Crippen molar-refractivity contribution in [2.45, 2.75) is 104 Å². The fraction of sp³-hybridized carbons (Fsp3) is 0.778. The van der Waals surface area contributed by atoms with E-state index in [2.05, 4.69) is 20.4 Å². The van der Waals surface area contributed by atoms with Crippen molar-refractivity contribution in [3.63, 3.8) is 0 Å². The van der Waals surface area contributed by atoms with Gasteiger partial charge in [-0.25, -0.2) is 9.59 Å². The van der Waals surface area contributed by atoms with Crippen LogP contribution in [-0.2, 0) is 42.8 Å². The van der Waals surface area contributed by atoms with Crippen molar-refractivity contribution in [3.05, 3.63) is 24.3 Å². The topological polar surface area (TPSA) is 144 Å². The lowest BCUT2D eigenvalue weighted by Gasteiger charge is -2.73. The summed E-state index contributed by atoms with van der Waals surface area (Å²) >= 11 is 0. The lowest BCUT2D eigenvalue weighted by Crippen LogP contribution is -2.78. The smallest absolute Gasteiger partial charge is 0.466 e. The van der Waals surface area contributed by atoms with Crippen molar-refractivity contribution in [3.8, 4) is 0 Å². The lowest BCUT2D eigenvalue weighted by molar-refractivity contribution is -0.322. The van der Waals surface area contributed by atoms with E-state index >= 15 is 0 Å². The summed E-state index contributed by atoms with van der Waals surface area (Å²) in [5.41, 5.74) is -4.47. The molecule has 5 aliphatic rings. The quantitative estimate of drug-likeness (QED) is 0.225. The zero-order valence-electron chi connectivity index (χ0n) is 29.1. The Kier molecular flexibility index (Phi) is 9.18. The Labute approximate surface area is 277 Å². The first-order valence-corrected chi connectivity index (χ1v) is 16.9. The summed E-state index contributed by atoms with van der Waals surface area (Å²) in [7, 11) is 1.29. The molecule has 4 unspecified atom stereocenters. The number of allylic oxidation sites excluding steroid dienone is 1. The van der Waals surface area contributed by atoms with E-state index in [9.17, 15) is 24.3 Å². The van der Waals surface area contributed by atoms with Crippen molar-refractivity contribution in [1.82, 2.24) is 0 Å². The predicted octanol–water partition coefficient (Wildman–Crippen LogP) is 4.93. The average molecular weight is 661 g/mol. The van der Waals surface area contributed by atoms with Gasteiger partial charge < -0.3 is 33.5 Å². The second-order valence-electron chi connectivity index (χ2n) is 15.4. The van der Waals surface area contributed by atoms with E-state index in [-0.39, 0.29) is 29.9 Å². The first-order chi connectivity index (χ1) is 22.0. The molecule has 0 amide bonds. The second kappa shape index (κ2) is 12.2. The fourth-order valence-electron chi connectivity index (χ4n) is 11.4. The minimum absolute atomic E-state index is 0.0300. The minimum atomic E-state index is -1.51. The molecule has 1 saturated heterocycles. The highest BCUT2D eigenvalue weighted by molar-refractivity contribution is 5.91. The third-order valence-corrected chi connectivity index (χ3v) is 13.3. The van der Waals surface area contributed by atoms with Crippen LogP contribution >= 0.6 is 0 Å². The Hall–Kier alpha value is -2.92. The molecular weight excluding hydrogens is 608 g/mol. The molecule has 0 aromatic rings. The van der Waals surface area contributed by atoms with Crippen LogP contribution < -0.4 is 0 Å². The number of carbonyl (C=O) groups is 4. The van der Waals surface area contributed by atoms with E-state index in [0.29, 0.717) is 38.9 Å². The molecule has 5 rings (SSSR count). The highest BCUT2D eigenvalue weighted by Crippen LogP contribution is 2.75. The number of carbonyl (C=O) groups excluding carboxylic acids is 4. The Morgan fingerprint density at radius 1 is 1.04 bits per heavy atom. The molecule has 0 bridgehead atoms. The van der Waals surface area contributed by atoms with Gasteiger partial charge >= 0.3 is 24.1 Å². The number of methoxy groups -OCH3 is 1. The van der Waals surface area contributed by atoms with Gasteiger partial charge in [0.15, 0.2) is 6.10 Å². The van der Waals surface area contributed by atoms with Crippen molar-refractivity contribution in [2.75, 3.05) is 26.9 Å². The van der Waals surface area contributed by atoms with Gasteiger partial charge in [-0.15, -0.1) is 0 Å². The largest absolute Gasteiger partial charge is 0.508 e. The van der Waals surface area contributed by atoms with Crippen LogP contribution in [0.4, 0.5) is 4.79 Å². The van der Waals surface area contributed by atoms with Crippen LogP contribution in [0.3, 0.4) is 0 Å². The van der Waals surface area contributed by atoms with Gasteiger partial charge in [-0.2, -0.15) is 0 Å². The summed E-state index contributed by atoms with van der Waals surface area (Å²) in [5, 5.41) is 13.2. The first kappa shape index (κ1) is 35.4. The fourth-order valence-corrected chi connectivity index (χ4v) is 11.4. The molecule has 4 fully saturated rings. The van der Waals surface area contributed by atoms with E-state index < -0.39 is 75.6 Å². The molecule has 0 spiro atoms. The third-order valence-electron chi connectivity index (χ3n) is 13.3. The maximum Gasteiger partial charge on any atom is 0.508 e. The minimum Gasteiger partial charge on any atom is -0.466 e. The molecule has 3 saturated carbocycles. The van der Waals surface area contributed by atoms with E-state index in [0.717, 1.165) is 6.42 Å². The molecule has 262 valence electrons. The molecule has 12 atom stereocenters. The summed E-state index contributed by atoms with van der Waals surface area (Å²) < 4.78 is 34.8. The number of ether oxygens (including phenoxy) is 6. The number of fused-ring (bicyclic) bond motifs is 7. The zero-order valence-corrected chi connectivity index (χ0v) is 29.1. The zero-order chi connectivity index (χ0) is 34.7. The highest BCUT2D eigenvalue weighted by atomic mass is 16.7. The standard InChI is InChI=1S/C36H52O11/c1-10-15-44-31(40)45-21(3)35-14-12-25-32(6,27(35)18-43-19-35)13-11-26-33(25,7)28(46-22(4)37)29(47-23(5)38)34(8)24(30(39)42-9)16-20(2)17-36(26,34)41/h10,16,20-21,25-29,41H,1,11-15,17-19H2,2-9H3/t20?,21?,25?,26?,27-,28+,29-,32+,33+,34+,35-,36+/m0/s1. The Balaban J connectivity index is 1.65. The van der Waals surface area contributed by atoms with Gasteiger partial charge in [0.05, 0.1) is 31.3 Å². The summed E-state index contributed by atoms with van der Waals surface area (Å²) in [6, 6.07) is 0. The van der Waals surface area contributed by atoms with Gasteiger partial charge in [0.1, 0.15) is 18.8 Å². The van der Waals surface area contributed by atoms with Crippen molar-refractivity contribution < 1.29 is 52.7 Å².